The smallest absolute Gasteiger partial charge is 0.235 e. The van der Waals surface area contributed by atoms with Gasteiger partial charge in [0.05, 0.1) is 16.3 Å². The molecule has 0 aliphatic heterocycles. The maximum atomic E-state index is 11.7. The van der Waals surface area contributed by atoms with E-state index >= 15 is 0 Å². The number of benzene rings is 2. The van der Waals surface area contributed by atoms with Gasteiger partial charge in [-0.2, -0.15) is 0 Å². The van der Waals surface area contributed by atoms with Crippen molar-refractivity contribution in [1.29, 1.82) is 0 Å². The second kappa shape index (κ2) is 6.90. The van der Waals surface area contributed by atoms with Gasteiger partial charge < -0.3 is 5.32 Å². The fourth-order valence-electron chi connectivity index (χ4n) is 2.32. The predicted octanol–water partition coefficient (Wildman–Crippen LogP) is 3.94. The zero-order valence-electron chi connectivity index (χ0n) is 11.8. The van der Waals surface area contributed by atoms with Gasteiger partial charge in [-0.1, -0.05) is 42.5 Å². The first kappa shape index (κ1) is 15.0. The number of carbonyl (C=O) groups excluding carboxylic acids is 1. The molecule has 1 atom stereocenters. The molecule has 1 heterocycles. The monoisotopic (exact) mass is 330 g/mol. The molecule has 1 unspecified atom stereocenters. The molecule has 0 fully saturated rings. The Bertz CT molecular complexity index is 739. The molecule has 3 rings (SSSR count). The van der Waals surface area contributed by atoms with Crippen molar-refractivity contribution in [3.05, 3.63) is 65.2 Å². The Hall–Kier alpha value is -1.91. The van der Waals surface area contributed by atoms with Gasteiger partial charge in [0.25, 0.3) is 0 Å². The topological polar surface area (TPSA) is 42.0 Å². The minimum Gasteiger partial charge on any atom is -0.345 e. The minimum atomic E-state index is -0.179. The lowest BCUT2D eigenvalue weighted by atomic mass is 10.1. The molecule has 0 aliphatic rings. The number of amides is 1. The van der Waals surface area contributed by atoms with Gasteiger partial charge in [-0.25, -0.2) is 4.98 Å². The van der Waals surface area contributed by atoms with Crippen LogP contribution in [0, 0.1) is 0 Å². The molecule has 1 aromatic heterocycles. The number of hydrogen-bond acceptors (Lipinski definition) is 3. The first-order valence-corrected chi connectivity index (χ1v) is 8.36. The molecule has 3 nitrogen and oxygen atoms in total. The Kier molecular flexibility index (Phi) is 4.71. The normalized spacial score (nSPS) is 12.2. The van der Waals surface area contributed by atoms with Crippen LogP contribution in [0.2, 0.25) is 0 Å². The number of fused-ring (bicyclic) bond motifs is 1. The van der Waals surface area contributed by atoms with E-state index in [0.717, 1.165) is 20.8 Å². The third-order valence-corrected chi connectivity index (χ3v) is 4.74. The molecule has 22 heavy (non-hydrogen) atoms. The van der Waals surface area contributed by atoms with Crippen LogP contribution in [0.5, 0.6) is 0 Å². The highest BCUT2D eigenvalue weighted by atomic mass is 35.5. The Morgan fingerprint density at radius 2 is 1.86 bits per heavy atom. The number of rotatable bonds is 5. The maximum absolute atomic E-state index is 11.7. The Morgan fingerprint density at radius 1 is 1.14 bits per heavy atom. The molecule has 0 bridgehead atoms. The molecule has 0 spiro atoms. The van der Waals surface area contributed by atoms with Crippen molar-refractivity contribution < 1.29 is 4.79 Å². The van der Waals surface area contributed by atoms with Crippen molar-refractivity contribution in [2.24, 2.45) is 0 Å². The number of alkyl halides is 1. The van der Waals surface area contributed by atoms with E-state index in [2.05, 4.69) is 10.3 Å². The summed E-state index contributed by atoms with van der Waals surface area (Å²) in [6, 6.07) is 17.9. The second-order valence-corrected chi connectivity index (χ2v) is 6.29. The summed E-state index contributed by atoms with van der Waals surface area (Å²) in [5.41, 5.74) is 2.11. The van der Waals surface area contributed by atoms with Crippen LogP contribution in [-0.4, -0.2) is 16.8 Å². The van der Waals surface area contributed by atoms with E-state index in [1.165, 1.54) is 0 Å². The van der Waals surface area contributed by atoms with Crippen molar-refractivity contribution in [2.45, 2.75) is 12.5 Å². The van der Waals surface area contributed by atoms with E-state index in [4.69, 9.17) is 11.6 Å². The van der Waals surface area contributed by atoms with Crippen LogP contribution in [0.25, 0.3) is 10.2 Å². The quantitative estimate of drug-likeness (QED) is 0.720. The van der Waals surface area contributed by atoms with Crippen molar-refractivity contribution in [1.82, 2.24) is 10.3 Å². The van der Waals surface area contributed by atoms with Gasteiger partial charge in [0.2, 0.25) is 5.91 Å². The van der Waals surface area contributed by atoms with Crippen LogP contribution >= 0.6 is 22.9 Å². The average Bonchev–Trinajstić information content (AvgIpc) is 2.99. The molecule has 2 aromatic carbocycles. The summed E-state index contributed by atoms with van der Waals surface area (Å²) in [5.74, 6) is -0.224. The van der Waals surface area contributed by atoms with E-state index in [1.54, 1.807) is 11.3 Å². The number of carbonyl (C=O) groups is 1. The van der Waals surface area contributed by atoms with Gasteiger partial charge in [0.15, 0.2) is 0 Å². The highest BCUT2D eigenvalue weighted by Crippen LogP contribution is 2.28. The van der Waals surface area contributed by atoms with Gasteiger partial charge in [-0.05, 0) is 24.1 Å². The van der Waals surface area contributed by atoms with Gasteiger partial charge >= 0.3 is 0 Å². The molecule has 5 heteroatoms. The number of aromatic nitrogens is 1. The van der Waals surface area contributed by atoms with Crippen LogP contribution in [0.1, 0.15) is 16.6 Å². The summed E-state index contributed by atoms with van der Waals surface area (Å²) in [6.45, 7) is 0. The summed E-state index contributed by atoms with van der Waals surface area (Å²) in [4.78, 5) is 16.4. The van der Waals surface area contributed by atoms with Crippen LogP contribution in [0.15, 0.2) is 54.6 Å². The minimum absolute atomic E-state index is 0.0455. The lowest BCUT2D eigenvalue weighted by molar-refractivity contribution is -0.119. The van der Waals surface area contributed by atoms with Crippen LogP contribution in [-0.2, 0) is 11.2 Å². The molecule has 1 N–H and O–H groups in total. The van der Waals surface area contributed by atoms with E-state index in [9.17, 15) is 4.79 Å². The molecule has 0 radical (unpaired) electrons. The van der Waals surface area contributed by atoms with Gasteiger partial charge in [0.1, 0.15) is 10.9 Å². The van der Waals surface area contributed by atoms with Crippen molar-refractivity contribution in [2.75, 3.05) is 5.88 Å². The van der Waals surface area contributed by atoms with E-state index < -0.39 is 0 Å². The zero-order chi connectivity index (χ0) is 15.4. The first-order chi connectivity index (χ1) is 10.8. The number of hydrogen-bond donors (Lipinski definition) is 1. The van der Waals surface area contributed by atoms with Crippen molar-refractivity contribution >= 4 is 39.1 Å². The standard InChI is InChI=1S/C17H15ClN2OS/c18-11-16(21)19-14(10-12-6-2-1-3-7-12)17-20-13-8-4-5-9-15(13)22-17/h1-9,14H,10-11H2,(H,19,21). The SMILES string of the molecule is O=C(CCl)NC(Cc1ccccc1)c1nc2ccccc2s1. The Balaban J connectivity index is 1.91. The second-order valence-electron chi connectivity index (χ2n) is 4.96. The summed E-state index contributed by atoms with van der Waals surface area (Å²) >= 11 is 7.24. The molecule has 112 valence electrons. The van der Waals surface area contributed by atoms with Gasteiger partial charge in [-0.15, -0.1) is 22.9 Å². The largest absolute Gasteiger partial charge is 0.345 e. The number of nitrogens with one attached hydrogen (secondary N) is 1. The van der Waals surface area contributed by atoms with Crippen LogP contribution in [0.3, 0.4) is 0 Å². The summed E-state index contributed by atoms with van der Waals surface area (Å²) < 4.78 is 1.12. The molecule has 1 amide bonds. The number of para-hydroxylation sites is 1. The summed E-state index contributed by atoms with van der Waals surface area (Å²) in [6.07, 6.45) is 0.698. The fourth-order valence-corrected chi connectivity index (χ4v) is 3.42. The average molecular weight is 331 g/mol. The third kappa shape index (κ3) is 3.46. The van der Waals surface area contributed by atoms with E-state index in [1.807, 2.05) is 54.6 Å². The highest BCUT2D eigenvalue weighted by molar-refractivity contribution is 7.18. The van der Waals surface area contributed by atoms with Gasteiger partial charge in [-0.3, -0.25) is 4.79 Å². The lowest BCUT2D eigenvalue weighted by Gasteiger charge is -2.16. The van der Waals surface area contributed by atoms with E-state index in [-0.39, 0.29) is 17.8 Å². The van der Waals surface area contributed by atoms with E-state index in [0.29, 0.717) is 6.42 Å². The number of thiazole rings is 1. The first-order valence-electron chi connectivity index (χ1n) is 7.01. The molecule has 0 saturated carbocycles. The number of nitrogens with zero attached hydrogens (tertiary/aromatic N) is 1. The van der Waals surface area contributed by atoms with Crippen LogP contribution < -0.4 is 5.32 Å². The van der Waals surface area contributed by atoms with Crippen molar-refractivity contribution in [3.63, 3.8) is 0 Å². The fraction of sp³-hybridized carbons (Fsp3) is 0.176. The maximum Gasteiger partial charge on any atom is 0.235 e. The summed E-state index contributed by atoms with van der Waals surface area (Å²) in [5, 5.41) is 3.88. The highest BCUT2D eigenvalue weighted by Gasteiger charge is 2.19. The van der Waals surface area contributed by atoms with Gasteiger partial charge in [0, 0.05) is 0 Å². The van der Waals surface area contributed by atoms with Crippen molar-refractivity contribution in [3.8, 4) is 0 Å². The molecule has 3 aromatic rings. The Labute approximate surface area is 138 Å². The molecule has 0 aliphatic carbocycles. The predicted molar refractivity (Wildman–Crippen MR) is 91.4 cm³/mol. The summed E-state index contributed by atoms with van der Waals surface area (Å²) in [7, 11) is 0. The van der Waals surface area contributed by atoms with Crippen LogP contribution in [0.4, 0.5) is 0 Å². The molecule has 0 saturated heterocycles. The number of halogens is 1. The third-order valence-electron chi connectivity index (χ3n) is 3.35. The molecular formula is C17H15ClN2OS. The lowest BCUT2D eigenvalue weighted by Crippen LogP contribution is -2.30. The molecular weight excluding hydrogens is 316 g/mol. The Morgan fingerprint density at radius 3 is 2.59 bits per heavy atom. The zero-order valence-corrected chi connectivity index (χ0v) is 13.4.